The van der Waals surface area contributed by atoms with Gasteiger partial charge < -0.3 is 16.0 Å². The molecule has 0 bridgehead atoms. The highest BCUT2D eigenvalue weighted by atomic mass is 19.1. The van der Waals surface area contributed by atoms with Crippen molar-refractivity contribution in [1.82, 2.24) is 4.90 Å². The van der Waals surface area contributed by atoms with Gasteiger partial charge in [-0.05, 0) is 32.4 Å². The highest BCUT2D eigenvalue weighted by molar-refractivity contribution is 5.90. The fourth-order valence-electron chi connectivity index (χ4n) is 1.79. The zero-order valence-corrected chi connectivity index (χ0v) is 12.0. The number of carbonyl (C=O) groups excluding carboxylic acids is 1. The number of nitrogens with zero attached hydrogens (tertiary/aromatic N) is 1. The predicted octanol–water partition coefficient (Wildman–Crippen LogP) is 2.95. The second-order valence-corrected chi connectivity index (χ2v) is 5.22. The summed E-state index contributed by atoms with van der Waals surface area (Å²) in [6.07, 6.45) is 0.753. The minimum absolute atomic E-state index is 0.0506. The molecule has 4 nitrogen and oxygen atoms in total. The summed E-state index contributed by atoms with van der Waals surface area (Å²) in [7, 11) is 0. The molecule has 0 aromatic heterocycles. The SMILES string of the molecule is CCCN(C(=O)Nc1ccc(F)cc1F)C(C)(C)CN. The van der Waals surface area contributed by atoms with Gasteiger partial charge in [-0.15, -0.1) is 0 Å². The Bertz CT molecular complexity index is 477. The minimum atomic E-state index is -0.805. The Balaban J connectivity index is 2.91. The third kappa shape index (κ3) is 3.90. The first-order valence-electron chi connectivity index (χ1n) is 6.55. The Morgan fingerprint density at radius 3 is 2.55 bits per heavy atom. The van der Waals surface area contributed by atoms with Crippen LogP contribution in [0.1, 0.15) is 27.2 Å². The highest BCUT2D eigenvalue weighted by Gasteiger charge is 2.29. The van der Waals surface area contributed by atoms with E-state index in [1.165, 1.54) is 6.07 Å². The van der Waals surface area contributed by atoms with E-state index >= 15 is 0 Å². The van der Waals surface area contributed by atoms with E-state index in [0.717, 1.165) is 18.6 Å². The van der Waals surface area contributed by atoms with Crippen LogP contribution in [0.15, 0.2) is 18.2 Å². The Morgan fingerprint density at radius 1 is 1.40 bits per heavy atom. The molecule has 0 spiro atoms. The van der Waals surface area contributed by atoms with Crippen LogP contribution < -0.4 is 11.1 Å². The maximum Gasteiger partial charge on any atom is 0.322 e. The Labute approximate surface area is 117 Å². The molecule has 112 valence electrons. The number of benzene rings is 1. The summed E-state index contributed by atoms with van der Waals surface area (Å²) < 4.78 is 26.4. The molecule has 1 rings (SSSR count). The average molecular weight is 285 g/mol. The van der Waals surface area contributed by atoms with Crippen LogP contribution in [0.4, 0.5) is 19.3 Å². The van der Waals surface area contributed by atoms with Gasteiger partial charge in [0, 0.05) is 19.2 Å². The van der Waals surface area contributed by atoms with Crippen molar-refractivity contribution in [2.75, 3.05) is 18.4 Å². The van der Waals surface area contributed by atoms with Gasteiger partial charge in [-0.2, -0.15) is 0 Å². The Hall–Kier alpha value is -1.69. The van der Waals surface area contributed by atoms with E-state index in [4.69, 9.17) is 5.73 Å². The monoisotopic (exact) mass is 285 g/mol. The topological polar surface area (TPSA) is 58.4 Å². The quantitative estimate of drug-likeness (QED) is 0.874. The molecule has 0 aliphatic carbocycles. The normalized spacial score (nSPS) is 11.3. The van der Waals surface area contributed by atoms with Crippen LogP contribution >= 0.6 is 0 Å². The third-order valence-electron chi connectivity index (χ3n) is 3.10. The lowest BCUT2D eigenvalue weighted by atomic mass is 10.0. The molecule has 20 heavy (non-hydrogen) atoms. The molecular weight excluding hydrogens is 264 g/mol. The fraction of sp³-hybridized carbons (Fsp3) is 0.500. The summed E-state index contributed by atoms with van der Waals surface area (Å²) >= 11 is 0. The van der Waals surface area contributed by atoms with Crippen LogP contribution in [0.5, 0.6) is 0 Å². The van der Waals surface area contributed by atoms with Crippen molar-refractivity contribution >= 4 is 11.7 Å². The third-order valence-corrected chi connectivity index (χ3v) is 3.10. The number of halogens is 2. The Kier molecular flexibility index (Phi) is 5.44. The summed E-state index contributed by atoms with van der Waals surface area (Å²) in [5, 5.41) is 2.45. The first-order chi connectivity index (χ1) is 9.31. The van der Waals surface area contributed by atoms with Gasteiger partial charge in [-0.3, -0.25) is 0 Å². The standard InChI is InChI=1S/C14H21F2N3O/c1-4-7-19(14(2,3)9-17)13(20)18-12-6-5-10(15)8-11(12)16/h5-6,8H,4,7,9,17H2,1-3H3,(H,18,20). The maximum atomic E-state index is 13.5. The van der Waals surface area contributed by atoms with E-state index in [1.807, 2.05) is 20.8 Å². The first kappa shape index (κ1) is 16.4. The van der Waals surface area contributed by atoms with Crippen LogP contribution in [-0.4, -0.2) is 29.6 Å². The lowest BCUT2D eigenvalue weighted by molar-refractivity contribution is 0.150. The number of carbonyl (C=O) groups is 1. The zero-order valence-electron chi connectivity index (χ0n) is 12.0. The molecular formula is C14H21F2N3O. The van der Waals surface area contributed by atoms with Crippen molar-refractivity contribution in [2.24, 2.45) is 5.73 Å². The zero-order chi connectivity index (χ0) is 15.3. The lowest BCUT2D eigenvalue weighted by Crippen LogP contribution is -2.54. The van der Waals surface area contributed by atoms with Crippen molar-refractivity contribution in [3.63, 3.8) is 0 Å². The molecule has 1 aromatic rings. The van der Waals surface area contributed by atoms with Crippen molar-refractivity contribution in [2.45, 2.75) is 32.7 Å². The maximum absolute atomic E-state index is 13.5. The number of hydrogen-bond donors (Lipinski definition) is 2. The lowest BCUT2D eigenvalue weighted by Gasteiger charge is -2.37. The van der Waals surface area contributed by atoms with Gasteiger partial charge >= 0.3 is 6.03 Å². The van der Waals surface area contributed by atoms with Crippen molar-refractivity contribution < 1.29 is 13.6 Å². The van der Waals surface area contributed by atoms with Gasteiger partial charge in [0.05, 0.1) is 11.2 Å². The highest BCUT2D eigenvalue weighted by Crippen LogP contribution is 2.19. The van der Waals surface area contributed by atoms with Gasteiger partial charge in [-0.1, -0.05) is 6.92 Å². The minimum Gasteiger partial charge on any atom is -0.328 e. The van der Waals surface area contributed by atoms with Crippen LogP contribution in [-0.2, 0) is 0 Å². The largest absolute Gasteiger partial charge is 0.328 e. The van der Waals surface area contributed by atoms with Crippen LogP contribution in [0.2, 0.25) is 0 Å². The molecule has 0 saturated carbocycles. The van der Waals surface area contributed by atoms with Gasteiger partial charge in [0.15, 0.2) is 0 Å². The fourth-order valence-corrected chi connectivity index (χ4v) is 1.79. The van der Waals surface area contributed by atoms with Crippen molar-refractivity contribution in [1.29, 1.82) is 0 Å². The van der Waals surface area contributed by atoms with Crippen molar-refractivity contribution in [3.8, 4) is 0 Å². The molecule has 1 aromatic carbocycles. The first-order valence-corrected chi connectivity index (χ1v) is 6.55. The Morgan fingerprint density at radius 2 is 2.05 bits per heavy atom. The molecule has 2 amide bonds. The second-order valence-electron chi connectivity index (χ2n) is 5.22. The van der Waals surface area contributed by atoms with E-state index in [1.54, 1.807) is 4.90 Å². The number of nitrogens with one attached hydrogen (secondary N) is 1. The van der Waals surface area contributed by atoms with Gasteiger partial charge in [0.1, 0.15) is 11.6 Å². The molecule has 0 aliphatic heterocycles. The number of nitrogens with two attached hydrogens (primary N) is 1. The summed E-state index contributed by atoms with van der Waals surface area (Å²) in [4.78, 5) is 13.8. The molecule has 0 aliphatic rings. The molecule has 6 heteroatoms. The predicted molar refractivity (Wildman–Crippen MR) is 75.5 cm³/mol. The molecule has 3 N–H and O–H groups in total. The molecule has 0 fully saturated rings. The smallest absolute Gasteiger partial charge is 0.322 e. The molecule has 0 atom stereocenters. The van der Waals surface area contributed by atoms with Gasteiger partial charge in [0.2, 0.25) is 0 Å². The van der Waals surface area contributed by atoms with E-state index in [2.05, 4.69) is 5.32 Å². The summed E-state index contributed by atoms with van der Waals surface area (Å²) in [5.74, 6) is -1.49. The van der Waals surface area contributed by atoms with E-state index in [0.29, 0.717) is 6.54 Å². The van der Waals surface area contributed by atoms with Crippen LogP contribution in [0, 0.1) is 11.6 Å². The molecule has 0 radical (unpaired) electrons. The molecule has 0 unspecified atom stereocenters. The summed E-state index contributed by atoms with van der Waals surface area (Å²) in [5.41, 5.74) is 5.08. The number of rotatable bonds is 5. The number of hydrogen-bond acceptors (Lipinski definition) is 2. The van der Waals surface area contributed by atoms with Crippen LogP contribution in [0.3, 0.4) is 0 Å². The average Bonchev–Trinajstić information content (AvgIpc) is 2.39. The van der Waals surface area contributed by atoms with E-state index < -0.39 is 23.2 Å². The van der Waals surface area contributed by atoms with Crippen LogP contribution in [0.25, 0.3) is 0 Å². The van der Waals surface area contributed by atoms with E-state index in [-0.39, 0.29) is 12.2 Å². The second kappa shape index (κ2) is 6.65. The summed E-state index contributed by atoms with van der Waals surface area (Å²) in [6.45, 7) is 6.39. The van der Waals surface area contributed by atoms with E-state index in [9.17, 15) is 13.6 Å². The molecule has 0 saturated heterocycles. The van der Waals surface area contributed by atoms with Gasteiger partial charge in [0.25, 0.3) is 0 Å². The van der Waals surface area contributed by atoms with Gasteiger partial charge in [-0.25, -0.2) is 13.6 Å². The summed E-state index contributed by atoms with van der Waals surface area (Å²) in [6, 6.07) is 2.57. The molecule has 0 heterocycles. The number of amides is 2. The number of anilines is 1. The van der Waals surface area contributed by atoms with Crippen molar-refractivity contribution in [3.05, 3.63) is 29.8 Å². The number of urea groups is 1.